The molecule has 1 amide bonds. The third kappa shape index (κ3) is 6.38. The number of fused-ring (bicyclic) bond motifs is 1. The number of carbonyl (C=O) groups is 1. The van der Waals surface area contributed by atoms with Gasteiger partial charge in [-0.25, -0.2) is 4.98 Å². The van der Waals surface area contributed by atoms with Crippen LogP contribution < -0.4 is 10.9 Å². The first kappa shape index (κ1) is 28.4. The van der Waals surface area contributed by atoms with Crippen molar-refractivity contribution in [3.8, 4) is 5.69 Å². The SMILES string of the molecule is CC1CNCCO1.O=C(C(C1CC1)C1CC1)N1CCC(O)(Cn2cnc3c(cc(Cl)n3-c3ccccc3)c2=O)CC1. The molecule has 9 nitrogen and oxygen atoms in total. The number of hydrogen-bond acceptors (Lipinski definition) is 6. The Labute approximate surface area is 245 Å². The van der Waals surface area contributed by atoms with E-state index in [1.54, 1.807) is 10.6 Å². The van der Waals surface area contributed by atoms with E-state index in [1.807, 2.05) is 35.2 Å². The third-order valence-electron chi connectivity index (χ3n) is 8.88. The fraction of sp³-hybridized carbons (Fsp3) is 0.581. The van der Waals surface area contributed by atoms with Crippen molar-refractivity contribution in [3.63, 3.8) is 0 Å². The van der Waals surface area contributed by atoms with Crippen LogP contribution in [0.15, 0.2) is 47.5 Å². The lowest BCUT2D eigenvalue weighted by molar-refractivity contribution is -0.141. The van der Waals surface area contributed by atoms with E-state index in [0.29, 0.717) is 60.1 Å². The van der Waals surface area contributed by atoms with Crippen molar-refractivity contribution in [2.75, 3.05) is 32.8 Å². The number of benzene rings is 1. The van der Waals surface area contributed by atoms with Gasteiger partial charge >= 0.3 is 0 Å². The lowest BCUT2D eigenvalue weighted by Gasteiger charge is -2.39. The summed E-state index contributed by atoms with van der Waals surface area (Å²) < 4.78 is 8.44. The molecule has 2 aliphatic heterocycles. The fourth-order valence-electron chi connectivity index (χ4n) is 6.25. The van der Waals surface area contributed by atoms with Gasteiger partial charge in [0.2, 0.25) is 5.91 Å². The van der Waals surface area contributed by atoms with Crippen molar-refractivity contribution in [2.45, 2.75) is 63.7 Å². The van der Waals surface area contributed by atoms with Crippen molar-refractivity contribution in [3.05, 3.63) is 58.2 Å². The first-order chi connectivity index (χ1) is 19.8. The molecule has 4 fully saturated rings. The smallest absolute Gasteiger partial charge is 0.262 e. The summed E-state index contributed by atoms with van der Waals surface area (Å²) in [5.41, 5.74) is 0.0572. The number of hydrogen-bond donors (Lipinski definition) is 2. The number of carbonyl (C=O) groups excluding carboxylic acids is 1. The molecule has 4 heterocycles. The second-order valence-corrected chi connectivity index (χ2v) is 12.6. The molecular formula is C31H40ClN5O4. The van der Waals surface area contributed by atoms with E-state index >= 15 is 0 Å². The maximum Gasteiger partial charge on any atom is 0.262 e. The van der Waals surface area contributed by atoms with Crippen LogP contribution in [-0.4, -0.2) is 74.5 Å². The zero-order valence-corrected chi connectivity index (χ0v) is 24.4. The number of morpholine rings is 1. The number of aliphatic hydroxyl groups is 1. The van der Waals surface area contributed by atoms with Crippen molar-refractivity contribution in [2.24, 2.45) is 17.8 Å². The summed E-state index contributed by atoms with van der Waals surface area (Å²) >= 11 is 6.46. The largest absolute Gasteiger partial charge is 0.388 e. The Balaban J connectivity index is 0.000000380. The molecule has 1 atom stereocenters. The molecule has 10 heteroatoms. The monoisotopic (exact) mass is 581 g/mol. The molecule has 2 saturated carbocycles. The Kier molecular flexibility index (Phi) is 8.23. The van der Waals surface area contributed by atoms with Gasteiger partial charge in [0.1, 0.15) is 11.5 Å². The van der Waals surface area contributed by atoms with Gasteiger partial charge < -0.3 is 20.1 Å². The molecule has 4 aliphatic rings. The second kappa shape index (κ2) is 11.9. The van der Waals surface area contributed by atoms with E-state index < -0.39 is 5.60 Å². The Morgan fingerprint density at radius 3 is 2.41 bits per heavy atom. The standard InChI is InChI=1S/C26H29ClN4O3.C5H11NO/c27-21-14-20-23(31(21)19-4-2-1-3-5-19)28-16-30(24(20)32)15-26(34)10-12-29(13-11-26)25(33)22(17-6-7-17)18-8-9-18;1-5-4-6-2-3-7-5/h1-5,14,16-18,22,34H,6-13,15H2;5-6H,2-4H2,1H3. The number of nitrogens with one attached hydrogen (secondary N) is 1. The topological polar surface area (TPSA) is 102 Å². The number of amides is 1. The van der Waals surface area contributed by atoms with Crippen molar-refractivity contribution < 1.29 is 14.6 Å². The van der Waals surface area contributed by atoms with Crippen LogP contribution in [0.5, 0.6) is 0 Å². The second-order valence-electron chi connectivity index (χ2n) is 12.2. The predicted octanol–water partition coefficient (Wildman–Crippen LogP) is 3.63. The van der Waals surface area contributed by atoms with Crippen molar-refractivity contribution in [1.82, 2.24) is 24.3 Å². The molecule has 2 aromatic heterocycles. The minimum atomic E-state index is -1.05. The van der Waals surface area contributed by atoms with Crippen LogP contribution in [0.3, 0.4) is 0 Å². The summed E-state index contributed by atoms with van der Waals surface area (Å²) in [5.74, 6) is 1.63. The van der Waals surface area contributed by atoms with Gasteiger partial charge in [0.15, 0.2) is 5.65 Å². The van der Waals surface area contributed by atoms with Gasteiger partial charge in [-0.15, -0.1) is 0 Å². The van der Waals surface area contributed by atoms with E-state index in [9.17, 15) is 14.7 Å². The molecular weight excluding hydrogens is 542 g/mol. The first-order valence-electron chi connectivity index (χ1n) is 15.0. The molecule has 3 aromatic rings. The third-order valence-corrected chi connectivity index (χ3v) is 9.16. The lowest BCUT2D eigenvalue weighted by Crippen LogP contribution is -2.51. The van der Waals surface area contributed by atoms with Crippen LogP contribution in [0.25, 0.3) is 16.7 Å². The number of likely N-dealkylation sites (tertiary alicyclic amines) is 1. The van der Waals surface area contributed by atoms with Crippen LogP contribution in [-0.2, 0) is 16.1 Å². The molecule has 2 saturated heterocycles. The van der Waals surface area contributed by atoms with Gasteiger partial charge in [0.25, 0.3) is 5.56 Å². The number of nitrogens with zero attached hydrogens (tertiary/aromatic N) is 4. The fourth-order valence-corrected chi connectivity index (χ4v) is 6.53. The van der Waals surface area contributed by atoms with Gasteiger partial charge in [0, 0.05) is 37.8 Å². The molecule has 0 spiro atoms. The molecule has 7 rings (SSSR count). The van der Waals surface area contributed by atoms with Crippen LogP contribution >= 0.6 is 11.6 Å². The Hall–Kier alpha value is -2.72. The number of piperidine rings is 1. The minimum Gasteiger partial charge on any atom is -0.388 e. The Morgan fingerprint density at radius 2 is 1.85 bits per heavy atom. The van der Waals surface area contributed by atoms with E-state index in [4.69, 9.17) is 16.3 Å². The molecule has 0 radical (unpaired) electrons. The highest BCUT2D eigenvalue weighted by Crippen LogP contribution is 2.50. The molecule has 2 N–H and O–H groups in total. The summed E-state index contributed by atoms with van der Waals surface area (Å²) in [6.07, 6.45) is 7.55. The van der Waals surface area contributed by atoms with E-state index in [-0.39, 0.29) is 23.9 Å². The zero-order chi connectivity index (χ0) is 28.6. The molecule has 220 valence electrons. The molecule has 41 heavy (non-hydrogen) atoms. The van der Waals surface area contributed by atoms with Gasteiger partial charge in [-0.05, 0) is 75.5 Å². The summed E-state index contributed by atoms with van der Waals surface area (Å²) in [5, 5.41) is 15.3. The summed E-state index contributed by atoms with van der Waals surface area (Å²) in [7, 11) is 0. The summed E-state index contributed by atoms with van der Waals surface area (Å²) in [6, 6.07) is 11.2. The number of aromatic nitrogens is 3. The Bertz CT molecular complexity index is 1410. The van der Waals surface area contributed by atoms with Crippen LogP contribution in [0.1, 0.15) is 45.4 Å². The number of para-hydroxylation sites is 1. The summed E-state index contributed by atoms with van der Waals surface area (Å²) in [4.78, 5) is 32.9. The predicted molar refractivity (Wildman–Crippen MR) is 158 cm³/mol. The van der Waals surface area contributed by atoms with Crippen LogP contribution in [0, 0.1) is 17.8 Å². The highest BCUT2D eigenvalue weighted by atomic mass is 35.5. The van der Waals surface area contributed by atoms with E-state index in [0.717, 1.165) is 25.4 Å². The average molecular weight is 582 g/mol. The van der Waals surface area contributed by atoms with Crippen molar-refractivity contribution >= 4 is 28.5 Å². The molecule has 0 bridgehead atoms. The number of rotatable bonds is 6. The van der Waals surface area contributed by atoms with E-state index in [1.165, 1.54) is 36.6 Å². The molecule has 2 aliphatic carbocycles. The number of ether oxygens (including phenoxy) is 1. The highest BCUT2D eigenvalue weighted by molar-refractivity contribution is 6.31. The maximum absolute atomic E-state index is 13.2. The van der Waals surface area contributed by atoms with Gasteiger partial charge in [0.05, 0.1) is 30.2 Å². The minimum absolute atomic E-state index is 0.152. The van der Waals surface area contributed by atoms with Gasteiger partial charge in [-0.2, -0.15) is 0 Å². The normalized spacial score (nSPS) is 22.4. The quantitative estimate of drug-likeness (QED) is 0.461. The first-order valence-corrected chi connectivity index (χ1v) is 15.4. The van der Waals surface area contributed by atoms with Gasteiger partial charge in [-0.1, -0.05) is 29.8 Å². The van der Waals surface area contributed by atoms with Crippen LogP contribution in [0.2, 0.25) is 5.15 Å². The average Bonchev–Trinajstić information content (AvgIpc) is 3.92. The van der Waals surface area contributed by atoms with Crippen LogP contribution in [0.4, 0.5) is 0 Å². The van der Waals surface area contributed by atoms with E-state index in [2.05, 4.69) is 17.2 Å². The molecule has 1 aromatic carbocycles. The van der Waals surface area contributed by atoms with Crippen molar-refractivity contribution in [1.29, 1.82) is 0 Å². The summed E-state index contributed by atoms with van der Waals surface area (Å²) in [6.45, 7) is 6.20. The van der Waals surface area contributed by atoms with Gasteiger partial charge in [-0.3, -0.25) is 18.7 Å². The highest BCUT2D eigenvalue weighted by Gasteiger charge is 2.48. The maximum atomic E-state index is 13.2. The molecule has 1 unspecified atom stereocenters. The lowest BCUT2D eigenvalue weighted by atomic mass is 9.89. The Morgan fingerprint density at radius 1 is 1.17 bits per heavy atom. The number of halogens is 1. The zero-order valence-electron chi connectivity index (χ0n) is 23.7.